The van der Waals surface area contributed by atoms with Crippen LogP contribution < -0.4 is 0 Å². The zero-order valence-corrected chi connectivity index (χ0v) is 11.0. The van der Waals surface area contributed by atoms with Gasteiger partial charge in [-0.15, -0.1) is 0 Å². The maximum atomic E-state index is 11.7. The van der Waals surface area contributed by atoms with Crippen LogP contribution in [-0.2, 0) is 0 Å². The van der Waals surface area contributed by atoms with Gasteiger partial charge in [0.05, 0.1) is 4.92 Å². The van der Waals surface area contributed by atoms with E-state index in [-0.39, 0.29) is 11.5 Å². The summed E-state index contributed by atoms with van der Waals surface area (Å²) in [5, 5.41) is 10.5. The molecular formula is C16H12N2O3. The van der Waals surface area contributed by atoms with E-state index in [0.29, 0.717) is 5.56 Å². The molecule has 0 unspecified atom stereocenters. The summed E-state index contributed by atoms with van der Waals surface area (Å²) in [7, 11) is 0. The second kappa shape index (κ2) is 6.91. The number of benzene rings is 1. The Hall–Kier alpha value is -3.08. The second-order valence-corrected chi connectivity index (χ2v) is 4.17. The molecule has 2 rings (SSSR count). The highest BCUT2D eigenvalue weighted by Gasteiger charge is 2.02. The van der Waals surface area contributed by atoms with Crippen molar-refractivity contribution in [1.29, 1.82) is 0 Å². The molecule has 0 aliphatic heterocycles. The van der Waals surface area contributed by atoms with E-state index in [0.717, 1.165) is 5.56 Å². The van der Waals surface area contributed by atoms with Crippen LogP contribution in [0.15, 0.2) is 67.0 Å². The zero-order valence-electron chi connectivity index (χ0n) is 11.0. The Bertz CT molecular complexity index is 689. The average Bonchev–Trinajstić information content (AvgIpc) is 2.52. The van der Waals surface area contributed by atoms with Gasteiger partial charge in [0, 0.05) is 30.1 Å². The van der Waals surface area contributed by atoms with Crippen LogP contribution in [0.5, 0.6) is 0 Å². The van der Waals surface area contributed by atoms with Gasteiger partial charge in [-0.1, -0.05) is 18.2 Å². The molecule has 0 atom stereocenters. The largest absolute Gasteiger partial charge is 0.289 e. The first-order valence-corrected chi connectivity index (χ1v) is 6.20. The number of carbonyl (C=O) groups is 1. The van der Waals surface area contributed by atoms with Crippen molar-refractivity contribution in [2.45, 2.75) is 0 Å². The topological polar surface area (TPSA) is 73.1 Å². The van der Waals surface area contributed by atoms with Crippen molar-refractivity contribution in [1.82, 2.24) is 4.98 Å². The van der Waals surface area contributed by atoms with Crippen LogP contribution in [0.4, 0.5) is 5.69 Å². The first-order chi connectivity index (χ1) is 10.2. The summed E-state index contributed by atoms with van der Waals surface area (Å²) >= 11 is 0. The minimum Gasteiger partial charge on any atom is -0.289 e. The number of nitro groups is 1. The quantitative estimate of drug-likeness (QED) is 0.276. The van der Waals surface area contributed by atoms with Gasteiger partial charge in [-0.05, 0) is 35.9 Å². The molecule has 0 N–H and O–H groups in total. The third kappa shape index (κ3) is 4.21. The van der Waals surface area contributed by atoms with Crippen LogP contribution >= 0.6 is 0 Å². The molecule has 1 aromatic heterocycles. The van der Waals surface area contributed by atoms with Gasteiger partial charge in [0.15, 0.2) is 5.78 Å². The Balaban J connectivity index is 1.97. The van der Waals surface area contributed by atoms with E-state index in [9.17, 15) is 14.9 Å². The molecule has 0 saturated heterocycles. The van der Waals surface area contributed by atoms with Crippen molar-refractivity contribution in [3.8, 4) is 0 Å². The standard InChI is InChI=1S/C16H12N2O3/c19-16(14-5-3-11-17-12-14)6-2-1-4-13-7-9-15(10-8-13)18(20)21/h1-12H. The molecule has 21 heavy (non-hydrogen) atoms. The van der Waals surface area contributed by atoms with Crippen molar-refractivity contribution in [2.24, 2.45) is 0 Å². The van der Waals surface area contributed by atoms with Crippen LogP contribution in [0.3, 0.4) is 0 Å². The molecule has 0 radical (unpaired) electrons. The van der Waals surface area contributed by atoms with E-state index in [1.807, 2.05) is 0 Å². The minimum absolute atomic E-state index is 0.0504. The second-order valence-electron chi connectivity index (χ2n) is 4.17. The number of hydrogen-bond donors (Lipinski definition) is 0. The lowest BCUT2D eigenvalue weighted by atomic mass is 10.1. The van der Waals surface area contributed by atoms with Gasteiger partial charge < -0.3 is 0 Å². The smallest absolute Gasteiger partial charge is 0.269 e. The molecule has 5 heteroatoms. The van der Waals surface area contributed by atoms with Crippen molar-refractivity contribution in [3.63, 3.8) is 0 Å². The normalized spacial score (nSPS) is 11.0. The molecule has 0 aliphatic carbocycles. The summed E-state index contributed by atoms with van der Waals surface area (Å²) in [5.41, 5.74) is 1.39. The predicted molar refractivity (Wildman–Crippen MR) is 79.8 cm³/mol. The number of hydrogen-bond acceptors (Lipinski definition) is 4. The van der Waals surface area contributed by atoms with E-state index in [4.69, 9.17) is 0 Å². The lowest BCUT2D eigenvalue weighted by Gasteiger charge is -1.93. The van der Waals surface area contributed by atoms with Gasteiger partial charge in [-0.2, -0.15) is 0 Å². The number of pyridine rings is 1. The molecule has 0 aliphatic rings. The van der Waals surface area contributed by atoms with Crippen molar-refractivity contribution < 1.29 is 9.72 Å². The fraction of sp³-hybridized carbons (Fsp3) is 0. The number of nitrogens with zero attached hydrogens (tertiary/aromatic N) is 2. The maximum absolute atomic E-state index is 11.7. The van der Waals surface area contributed by atoms with Gasteiger partial charge in [0.2, 0.25) is 0 Å². The van der Waals surface area contributed by atoms with Gasteiger partial charge in [0.1, 0.15) is 0 Å². The van der Waals surface area contributed by atoms with E-state index < -0.39 is 4.92 Å². The maximum Gasteiger partial charge on any atom is 0.269 e. The van der Waals surface area contributed by atoms with Crippen molar-refractivity contribution in [3.05, 3.63) is 88.3 Å². The highest BCUT2D eigenvalue weighted by Crippen LogP contribution is 2.12. The molecular weight excluding hydrogens is 268 g/mol. The van der Waals surface area contributed by atoms with E-state index in [2.05, 4.69) is 4.98 Å². The fourth-order valence-corrected chi connectivity index (χ4v) is 1.62. The van der Waals surface area contributed by atoms with E-state index >= 15 is 0 Å². The fourth-order valence-electron chi connectivity index (χ4n) is 1.62. The van der Waals surface area contributed by atoms with Crippen LogP contribution in [-0.4, -0.2) is 15.7 Å². The SMILES string of the molecule is O=C(C=CC=Cc1ccc([N+](=O)[O-])cc1)c1cccnc1. The van der Waals surface area contributed by atoms with Crippen molar-refractivity contribution in [2.75, 3.05) is 0 Å². The Morgan fingerprint density at radius 3 is 2.52 bits per heavy atom. The van der Waals surface area contributed by atoms with Crippen LogP contribution in [0.1, 0.15) is 15.9 Å². The molecule has 0 spiro atoms. The molecule has 0 bridgehead atoms. The molecule has 1 aromatic carbocycles. The first kappa shape index (κ1) is 14.3. The number of aromatic nitrogens is 1. The molecule has 5 nitrogen and oxygen atoms in total. The summed E-state index contributed by atoms with van der Waals surface area (Å²) in [6.07, 6.45) is 9.64. The molecule has 0 amide bonds. The molecule has 0 saturated carbocycles. The van der Waals surface area contributed by atoms with E-state index in [1.54, 1.807) is 48.7 Å². The van der Waals surface area contributed by atoms with Gasteiger partial charge in [-0.25, -0.2) is 0 Å². The highest BCUT2D eigenvalue weighted by molar-refractivity contribution is 6.04. The summed E-state index contributed by atoms with van der Waals surface area (Å²) in [6.45, 7) is 0. The van der Waals surface area contributed by atoms with Crippen molar-refractivity contribution >= 4 is 17.5 Å². The Morgan fingerprint density at radius 2 is 1.90 bits per heavy atom. The van der Waals surface area contributed by atoms with Crippen LogP contribution in [0.25, 0.3) is 6.08 Å². The highest BCUT2D eigenvalue weighted by atomic mass is 16.6. The molecule has 104 valence electrons. The minimum atomic E-state index is -0.444. The first-order valence-electron chi connectivity index (χ1n) is 6.20. The summed E-state index contributed by atoms with van der Waals surface area (Å²) in [5.74, 6) is -0.128. The molecule has 1 heterocycles. The molecule has 2 aromatic rings. The van der Waals surface area contributed by atoms with Crippen LogP contribution in [0.2, 0.25) is 0 Å². The number of non-ortho nitro benzene ring substituents is 1. The number of ketones is 1. The summed E-state index contributed by atoms with van der Waals surface area (Å²) in [6, 6.07) is 9.55. The van der Waals surface area contributed by atoms with Crippen LogP contribution in [0, 0.1) is 10.1 Å². The third-order valence-corrected chi connectivity index (χ3v) is 2.70. The lowest BCUT2D eigenvalue weighted by molar-refractivity contribution is -0.384. The lowest BCUT2D eigenvalue weighted by Crippen LogP contribution is -1.93. The zero-order chi connectivity index (χ0) is 15.1. The monoisotopic (exact) mass is 280 g/mol. The third-order valence-electron chi connectivity index (χ3n) is 2.70. The molecule has 0 fully saturated rings. The number of nitro benzene ring substituents is 1. The number of carbonyl (C=O) groups excluding carboxylic acids is 1. The van der Waals surface area contributed by atoms with Gasteiger partial charge >= 0.3 is 0 Å². The Kier molecular flexibility index (Phi) is 4.71. The Labute approximate surface area is 121 Å². The average molecular weight is 280 g/mol. The Morgan fingerprint density at radius 1 is 1.14 bits per heavy atom. The predicted octanol–water partition coefficient (Wildman–Crippen LogP) is 3.44. The number of rotatable bonds is 5. The summed E-state index contributed by atoms with van der Waals surface area (Å²) in [4.78, 5) is 25.7. The summed E-state index contributed by atoms with van der Waals surface area (Å²) < 4.78 is 0. The van der Waals surface area contributed by atoms with Gasteiger partial charge in [0.25, 0.3) is 5.69 Å². The number of allylic oxidation sites excluding steroid dienone is 3. The van der Waals surface area contributed by atoms with E-state index in [1.165, 1.54) is 24.4 Å². The van der Waals surface area contributed by atoms with Gasteiger partial charge in [-0.3, -0.25) is 19.9 Å².